The van der Waals surface area contributed by atoms with E-state index in [9.17, 15) is 0 Å². The summed E-state index contributed by atoms with van der Waals surface area (Å²) in [6.45, 7) is 2.06. The maximum atomic E-state index is 6.14. The van der Waals surface area contributed by atoms with E-state index in [1.165, 1.54) is 6.42 Å². The van der Waals surface area contributed by atoms with Crippen molar-refractivity contribution in [3.8, 4) is 11.5 Å². The SMILES string of the molecule is COc1cc(OC)c(NC2CCCNC2)cc1Cl. The van der Waals surface area contributed by atoms with Crippen molar-refractivity contribution in [2.24, 2.45) is 0 Å². The molecular formula is C13H19ClN2O2. The minimum Gasteiger partial charge on any atom is -0.495 e. The van der Waals surface area contributed by atoms with Crippen molar-refractivity contribution >= 4 is 17.3 Å². The van der Waals surface area contributed by atoms with Crippen LogP contribution in [0.1, 0.15) is 12.8 Å². The lowest BCUT2D eigenvalue weighted by Gasteiger charge is -2.26. The summed E-state index contributed by atoms with van der Waals surface area (Å²) >= 11 is 6.14. The Labute approximate surface area is 113 Å². The van der Waals surface area contributed by atoms with Crippen molar-refractivity contribution in [1.29, 1.82) is 0 Å². The highest BCUT2D eigenvalue weighted by atomic mass is 35.5. The largest absolute Gasteiger partial charge is 0.495 e. The number of hydrogen-bond donors (Lipinski definition) is 2. The number of piperidine rings is 1. The van der Waals surface area contributed by atoms with Gasteiger partial charge < -0.3 is 20.1 Å². The zero-order chi connectivity index (χ0) is 13.0. The molecule has 1 saturated heterocycles. The molecular weight excluding hydrogens is 252 g/mol. The molecule has 0 spiro atoms. The summed E-state index contributed by atoms with van der Waals surface area (Å²) in [4.78, 5) is 0. The Balaban J connectivity index is 2.17. The van der Waals surface area contributed by atoms with Gasteiger partial charge in [0, 0.05) is 18.7 Å². The number of methoxy groups -OCH3 is 2. The highest BCUT2D eigenvalue weighted by Gasteiger charge is 2.16. The van der Waals surface area contributed by atoms with Crippen LogP contribution in [0.4, 0.5) is 5.69 Å². The third kappa shape index (κ3) is 3.00. The van der Waals surface area contributed by atoms with Crippen molar-refractivity contribution in [3.63, 3.8) is 0 Å². The molecule has 0 saturated carbocycles. The van der Waals surface area contributed by atoms with E-state index in [0.717, 1.165) is 30.9 Å². The molecule has 1 aliphatic rings. The number of ether oxygens (including phenoxy) is 2. The smallest absolute Gasteiger partial charge is 0.145 e. The van der Waals surface area contributed by atoms with Gasteiger partial charge in [0.1, 0.15) is 11.5 Å². The Kier molecular flexibility index (Phi) is 4.55. The van der Waals surface area contributed by atoms with Gasteiger partial charge in [-0.3, -0.25) is 0 Å². The first-order valence-corrected chi connectivity index (χ1v) is 6.51. The van der Waals surface area contributed by atoms with Crippen molar-refractivity contribution in [3.05, 3.63) is 17.2 Å². The fraction of sp³-hybridized carbons (Fsp3) is 0.538. The quantitative estimate of drug-likeness (QED) is 0.882. The molecule has 1 aromatic carbocycles. The molecule has 1 heterocycles. The molecule has 0 radical (unpaired) electrons. The minimum absolute atomic E-state index is 0.414. The Bertz CT molecular complexity index is 406. The fourth-order valence-electron chi connectivity index (χ4n) is 2.17. The van der Waals surface area contributed by atoms with Crippen LogP contribution in [-0.4, -0.2) is 33.4 Å². The van der Waals surface area contributed by atoms with Gasteiger partial charge in [-0.05, 0) is 25.5 Å². The lowest BCUT2D eigenvalue weighted by atomic mass is 10.1. The summed E-state index contributed by atoms with van der Waals surface area (Å²) in [6, 6.07) is 4.08. The third-order valence-corrected chi connectivity index (χ3v) is 3.43. The van der Waals surface area contributed by atoms with Gasteiger partial charge in [-0.2, -0.15) is 0 Å². The summed E-state index contributed by atoms with van der Waals surface area (Å²) in [7, 11) is 3.24. The summed E-state index contributed by atoms with van der Waals surface area (Å²) in [6.07, 6.45) is 2.34. The van der Waals surface area contributed by atoms with E-state index in [1.54, 1.807) is 20.3 Å². The molecule has 0 amide bonds. The zero-order valence-corrected chi connectivity index (χ0v) is 11.5. The van der Waals surface area contributed by atoms with Crippen LogP contribution >= 0.6 is 11.6 Å². The Morgan fingerprint density at radius 1 is 1.28 bits per heavy atom. The van der Waals surface area contributed by atoms with Crippen LogP contribution in [-0.2, 0) is 0 Å². The molecule has 0 aromatic heterocycles. The average Bonchev–Trinajstić information content (AvgIpc) is 2.40. The number of benzene rings is 1. The van der Waals surface area contributed by atoms with Gasteiger partial charge in [-0.1, -0.05) is 11.6 Å². The standard InChI is InChI=1S/C13H19ClN2O2/c1-17-12-7-13(18-2)11(6-10(12)14)16-9-4-3-5-15-8-9/h6-7,9,15-16H,3-5,8H2,1-2H3. The zero-order valence-electron chi connectivity index (χ0n) is 10.8. The molecule has 1 aliphatic heterocycles. The molecule has 0 aliphatic carbocycles. The predicted molar refractivity (Wildman–Crippen MR) is 74.1 cm³/mol. The van der Waals surface area contributed by atoms with E-state index in [4.69, 9.17) is 21.1 Å². The molecule has 2 rings (SSSR count). The predicted octanol–water partition coefficient (Wildman–Crippen LogP) is 2.52. The molecule has 100 valence electrons. The molecule has 1 unspecified atom stereocenters. The maximum Gasteiger partial charge on any atom is 0.145 e. The topological polar surface area (TPSA) is 42.5 Å². The van der Waals surface area contributed by atoms with E-state index in [1.807, 2.05) is 6.07 Å². The van der Waals surface area contributed by atoms with E-state index in [-0.39, 0.29) is 0 Å². The first-order chi connectivity index (χ1) is 8.74. The number of nitrogens with one attached hydrogen (secondary N) is 2. The number of hydrogen-bond acceptors (Lipinski definition) is 4. The summed E-state index contributed by atoms with van der Waals surface area (Å²) in [5.41, 5.74) is 0.914. The molecule has 4 nitrogen and oxygen atoms in total. The molecule has 1 atom stereocenters. The average molecular weight is 271 g/mol. The van der Waals surface area contributed by atoms with E-state index >= 15 is 0 Å². The second-order valence-electron chi connectivity index (χ2n) is 4.37. The monoisotopic (exact) mass is 270 g/mol. The number of anilines is 1. The summed E-state index contributed by atoms with van der Waals surface area (Å²) < 4.78 is 10.5. The molecule has 2 N–H and O–H groups in total. The van der Waals surface area contributed by atoms with Gasteiger partial charge in [0.15, 0.2) is 0 Å². The van der Waals surface area contributed by atoms with E-state index in [0.29, 0.717) is 16.8 Å². The highest BCUT2D eigenvalue weighted by molar-refractivity contribution is 6.32. The van der Waals surface area contributed by atoms with Crippen LogP contribution in [0.25, 0.3) is 0 Å². The van der Waals surface area contributed by atoms with Crippen LogP contribution in [0.2, 0.25) is 5.02 Å². The van der Waals surface area contributed by atoms with Crippen LogP contribution < -0.4 is 20.1 Å². The van der Waals surface area contributed by atoms with Gasteiger partial charge >= 0.3 is 0 Å². The molecule has 1 aromatic rings. The second-order valence-corrected chi connectivity index (χ2v) is 4.78. The number of halogens is 1. The van der Waals surface area contributed by atoms with Gasteiger partial charge in [0.25, 0.3) is 0 Å². The Morgan fingerprint density at radius 2 is 2.06 bits per heavy atom. The Morgan fingerprint density at radius 3 is 2.67 bits per heavy atom. The van der Waals surface area contributed by atoms with Crippen LogP contribution in [0.5, 0.6) is 11.5 Å². The van der Waals surface area contributed by atoms with Crippen molar-refractivity contribution in [2.45, 2.75) is 18.9 Å². The fourth-order valence-corrected chi connectivity index (χ4v) is 2.41. The molecule has 1 fully saturated rings. The Hall–Kier alpha value is -1.13. The van der Waals surface area contributed by atoms with Gasteiger partial charge in [0.2, 0.25) is 0 Å². The third-order valence-electron chi connectivity index (χ3n) is 3.13. The normalized spacial score (nSPS) is 19.4. The summed E-state index contributed by atoms with van der Waals surface area (Å²) in [5, 5.41) is 7.42. The van der Waals surface area contributed by atoms with Crippen LogP contribution in [0.15, 0.2) is 12.1 Å². The summed E-state index contributed by atoms with van der Waals surface area (Å²) in [5.74, 6) is 1.38. The van der Waals surface area contributed by atoms with Crippen LogP contribution in [0.3, 0.4) is 0 Å². The van der Waals surface area contributed by atoms with Crippen molar-refractivity contribution in [2.75, 3.05) is 32.6 Å². The van der Waals surface area contributed by atoms with Gasteiger partial charge in [-0.25, -0.2) is 0 Å². The lowest BCUT2D eigenvalue weighted by Crippen LogP contribution is -2.38. The highest BCUT2D eigenvalue weighted by Crippen LogP contribution is 2.36. The minimum atomic E-state index is 0.414. The van der Waals surface area contributed by atoms with Crippen molar-refractivity contribution < 1.29 is 9.47 Å². The van der Waals surface area contributed by atoms with E-state index in [2.05, 4.69) is 10.6 Å². The molecule has 5 heteroatoms. The second kappa shape index (κ2) is 6.16. The van der Waals surface area contributed by atoms with Crippen LogP contribution in [0, 0.1) is 0 Å². The van der Waals surface area contributed by atoms with Gasteiger partial charge in [0.05, 0.1) is 24.9 Å². The van der Waals surface area contributed by atoms with Crippen molar-refractivity contribution in [1.82, 2.24) is 5.32 Å². The first kappa shape index (κ1) is 13.3. The van der Waals surface area contributed by atoms with E-state index < -0.39 is 0 Å². The maximum absolute atomic E-state index is 6.14. The lowest BCUT2D eigenvalue weighted by molar-refractivity contribution is 0.394. The molecule has 0 bridgehead atoms. The van der Waals surface area contributed by atoms with Gasteiger partial charge in [-0.15, -0.1) is 0 Å². The number of rotatable bonds is 4. The molecule has 18 heavy (non-hydrogen) atoms. The first-order valence-electron chi connectivity index (χ1n) is 6.13.